The van der Waals surface area contributed by atoms with Gasteiger partial charge in [0.05, 0.1) is 20.0 Å². The first-order chi connectivity index (χ1) is 8.81. The van der Waals surface area contributed by atoms with Gasteiger partial charge in [0.15, 0.2) is 0 Å². The van der Waals surface area contributed by atoms with Crippen molar-refractivity contribution < 1.29 is 4.57 Å². The predicted molar refractivity (Wildman–Crippen MR) is 74.4 cm³/mol. The van der Waals surface area contributed by atoms with Crippen LogP contribution >= 0.6 is 0 Å². The van der Waals surface area contributed by atoms with E-state index in [1.165, 1.54) is 30.7 Å². The molecular weight excluding hydrogens is 220 g/mol. The second-order valence-electron chi connectivity index (χ2n) is 4.89. The van der Waals surface area contributed by atoms with E-state index in [0.717, 1.165) is 13.0 Å². The largest absolute Gasteiger partial charge is 0.260 e. The summed E-state index contributed by atoms with van der Waals surface area (Å²) in [6.07, 6.45) is 9.23. The molecule has 0 N–H and O–H groups in total. The lowest BCUT2D eigenvalue weighted by Gasteiger charge is -2.03. The van der Waals surface area contributed by atoms with Crippen LogP contribution in [0.15, 0.2) is 42.7 Å². The van der Waals surface area contributed by atoms with E-state index in [2.05, 4.69) is 65.8 Å². The number of hydrogen-bond donors (Lipinski definition) is 0. The van der Waals surface area contributed by atoms with E-state index in [1.807, 2.05) is 0 Å². The molecule has 0 aliphatic rings. The predicted octanol–water partition coefficient (Wildman–Crippen LogP) is 3.09. The lowest BCUT2D eigenvalue weighted by Crippen LogP contribution is -2.32. The quantitative estimate of drug-likeness (QED) is 0.544. The molecule has 0 atom stereocenters. The maximum atomic E-state index is 2.39. The zero-order valence-electron chi connectivity index (χ0n) is 11.5. The van der Waals surface area contributed by atoms with Crippen LogP contribution in [0.25, 0.3) is 0 Å². The fourth-order valence-corrected chi connectivity index (χ4v) is 2.30. The molecule has 2 nitrogen and oxygen atoms in total. The molecule has 0 unspecified atom stereocenters. The Kier molecular flexibility index (Phi) is 4.57. The minimum Gasteiger partial charge on any atom is -0.237 e. The minimum atomic E-state index is 1.01. The maximum Gasteiger partial charge on any atom is 0.260 e. The van der Waals surface area contributed by atoms with Gasteiger partial charge in [-0.2, -0.15) is 0 Å². The number of nitrogens with zero attached hydrogens (tertiary/aromatic N) is 2. The first-order valence-electron chi connectivity index (χ1n) is 6.89. The van der Waals surface area contributed by atoms with Crippen LogP contribution in [0, 0.1) is 0 Å². The molecule has 0 aliphatic carbocycles. The summed E-state index contributed by atoms with van der Waals surface area (Å²) in [6, 6.07) is 10.7. The summed E-state index contributed by atoms with van der Waals surface area (Å²) in [6.45, 7) is 3.39. The van der Waals surface area contributed by atoms with Crippen molar-refractivity contribution in [3.8, 4) is 0 Å². The number of benzene rings is 1. The Bertz CT molecular complexity index is 471. The average Bonchev–Trinajstić information content (AvgIpc) is 2.73. The molecule has 2 rings (SSSR count). The van der Waals surface area contributed by atoms with Gasteiger partial charge < -0.3 is 0 Å². The Hall–Kier alpha value is -1.57. The van der Waals surface area contributed by atoms with Crippen molar-refractivity contribution in [1.82, 2.24) is 4.57 Å². The van der Waals surface area contributed by atoms with Gasteiger partial charge in [-0.25, -0.2) is 9.13 Å². The van der Waals surface area contributed by atoms with Crippen molar-refractivity contribution in [2.24, 2.45) is 7.05 Å². The Morgan fingerprint density at radius 3 is 2.61 bits per heavy atom. The molecule has 0 saturated carbocycles. The first-order valence-corrected chi connectivity index (χ1v) is 6.89. The zero-order valence-corrected chi connectivity index (χ0v) is 11.5. The fourth-order valence-electron chi connectivity index (χ4n) is 2.30. The molecule has 1 aromatic heterocycles. The highest BCUT2D eigenvalue weighted by Gasteiger charge is 2.14. The highest BCUT2D eigenvalue weighted by atomic mass is 15.1. The SMILES string of the molecule is CCCCCn1cc[n+](C)c1Cc1ccccc1. The Labute approximate surface area is 110 Å². The minimum absolute atomic E-state index is 1.01. The summed E-state index contributed by atoms with van der Waals surface area (Å²) in [7, 11) is 2.13. The fraction of sp³-hybridized carbons (Fsp3) is 0.438. The summed E-state index contributed by atoms with van der Waals surface area (Å²) in [5, 5.41) is 0. The standard InChI is InChI=1S/C16H23N2/c1-3-4-8-11-18-13-12-17(2)16(18)14-15-9-6-5-7-10-15/h5-7,9-10,12-13H,3-4,8,11,14H2,1-2H3/q+1. The van der Waals surface area contributed by atoms with E-state index in [9.17, 15) is 0 Å². The van der Waals surface area contributed by atoms with Gasteiger partial charge in [-0.15, -0.1) is 0 Å². The second-order valence-corrected chi connectivity index (χ2v) is 4.89. The third-order valence-electron chi connectivity index (χ3n) is 3.42. The molecule has 0 fully saturated rings. The summed E-state index contributed by atoms with van der Waals surface area (Å²) in [4.78, 5) is 0. The van der Waals surface area contributed by atoms with E-state index in [4.69, 9.17) is 0 Å². The number of imidazole rings is 1. The number of rotatable bonds is 6. The van der Waals surface area contributed by atoms with Crippen molar-refractivity contribution in [2.75, 3.05) is 0 Å². The molecule has 0 radical (unpaired) electrons. The molecule has 0 spiro atoms. The van der Waals surface area contributed by atoms with Crippen LogP contribution in [0.3, 0.4) is 0 Å². The number of aromatic nitrogens is 2. The Balaban J connectivity index is 2.09. The Morgan fingerprint density at radius 1 is 1.11 bits per heavy atom. The highest BCUT2D eigenvalue weighted by Crippen LogP contribution is 2.08. The van der Waals surface area contributed by atoms with Crippen molar-refractivity contribution >= 4 is 0 Å². The molecule has 1 heterocycles. The second kappa shape index (κ2) is 6.39. The average molecular weight is 243 g/mol. The van der Waals surface area contributed by atoms with Crippen LogP contribution < -0.4 is 4.57 Å². The monoisotopic (exact) mass is 243 g/mol. The van der Waals surface area contributed by atoms with E-state index in [1.54, 1.807) is 0 Å². The molecule has 2 aromatic rings. The lowest BCUT2D eigenvalue weighted by molar-refractivity contribution is -0.678. The van der Waals surface area contributed by atoms with Gasteiger partial charge >= 0.3 is 0 Å². The van der Waals surface area contributed by atoms with E-state index in [0.29, 0.717) is 0 Å². The molecule has 0 aliphatic heterocycles. The van der Waals surface area contributed by atoms with Gasteiger partial charge in [0.1, 0.15) is 12.4 Å². The zero-order chi connectivity index (χ0) is 12.8. The summed E-state index contributed by atoms with van der Waals surface area (Å²) in [5.41, 5.74) is 1.38. The van der Waals surface area contributed by atoms with Crippen molar-refractivity contribution in [3.05, 3.63) is 54.1 Å². The number of unbranched alkanes of at least 4 members (excludes halogenated alkanes) is 2. The van der Waals surface area contributed by atoms with Gasteiger partial charge in [0.2, 0.25) is 0 Å². The molecular formula is C16H23N2+. The van der Waals surface area contributed by atoms with Crippen LogP contribution in [0.1, 0.15) is 37.6 Å². The smallest absolute Gasteiger partial charge is 0.237 e. The lowest BCUT2D eigenvalue weighted by atomic mass is 10.1. The van der Waals surface area contributed by atoms with Crippen LogP contribution in [0.4, 0.5) is 0 Å². The molecule has 0 amide bonds. The third kappa shape index (κ3) is 3.22. The normalized spacial score (nSPS) is 10.8. The van der Waals surface area contributed by atoms with Crippen LogP contribution in [-0.4, -0.2) is 4.57 Å². The van der Waals surface area contributed by atoms with Crippen molar-refractivity contribution in [3.63, 3.8) is 0 Å². The van der Waals surface area contributed by atoms with Gasteiger partial charge in [-0.05, 0) is 18.4 Å². The van der Waals surface area contributed by atoms with Crippen molar-refractivity contribution in [2.45, 2.75) is 39.2 Å². The number of hydrogen-bond acceptors (Lipinski definition) is 0. The summed E-state index contributed by atoms with van der Waals surface area (Å²) >= 11 is 0. The van der Waals surface area contributed by atoms with Gasteiger partial charge in [-0.3, -0.25) is 0 Å². The van der Waals surface area contributed by atoms with Gasteiger partial charge in [0, 0.05) is 0 Å². The molecule has 96 valence electrons. The van der Waals surface area contributed by atoms with Crippen molar-refractivity contribution in [1.29, 1.82) is 0 Å². The van der Waals surface area contributed by atoms with Gasteiger partial charge in [-0.1, -0.05) is 43.7 Å². The third-order valence-corrected chi connectivity index (χ3v) is 3.42. The molecule has 2 heteroatoms. The van der Waals surface area contributed by atoms with Gasteiger partial charge in [0.25, 0.3) is 5.82 Å². The molecule has 1 aromatic carbocycles. The molecule has 0 bridgehead atoms. The van der Waals surface area contributed by atoms with E-state index < -0.39 is 0 Å². The summed E-state index contributed by atoms with van der Waals surface area (Å²) in [5.74, 6) is 1.39. The number of aryl methyl sites for hydroxylation is 2. The Morgan fingerprint density at radius 2 is 1.89 bits per heavy atom. The topological polar surface area (TPSA) is 8.81 Å². The molecule has 18 heavy (non-hydrogen) atoms. The van der Waals surface area contributed by atoms with E-state index >= 15 is 0 Å². The van der Waals surface area contributed by atoms with Crippen LogP contribution in [0.2, 0.25) is 0 Å². The van der Waals surface area contributed by atoms with Crippen LogP contribution in [0.5, 0.6) is 0 Å². The molecule has 0 saturated heterocycles. The summed E-state index contributed by atoms with van der Waals surface area (Å²) < 4.78 is 4.63. The maximum absolute atomic E-state index is 2.39. The highest BCUT2D eigenvalue weighted by molar-refractivity contribution is 5.18. The van der Waals surface area contributed by atoms with E-state index in [-0.39, 0.29) is 0 Å². The van der Waals surface area contributed by atoms with Crippen LogP contribution in [-0.2, 0) is 20.0 Å². The first kappa shape index (κ1) is 12.9.